The third-order valence-electron chi connectivity index (χ3n) is 3.98. The van der Waals surface area contributed by atoms with Crippen molar-refractivity contribution < 1.29 is 4.39 Å². The van der Waals surface area contributed by atoms with Crippen LogP contribution < -0.4 is 5.32 Å². The largest absolute Gasteiger partial charge is 0.309 e. The van der Waals surface area contributed by atoms with Gasteiger partial charge in [0.1, 0.15) is 5.82 Å². The lowest BCUT2D eigenvalue weighted by Crippen LogP contribution is -2.22. The van der Waals surface area contributed by atoms with Crippen molar-refractivity contribution in [2.45, 2.75) is 38.6 Å². The molecule has 1 unspecified atom stereocenters. The van der Waals surface area contributed by atoms with Gasteiger partial charge < -0.3 is 5.32 Å². The number of hydrogen-bond acceptors (Lipinski definition) is 2. The number of halogens is 2. The predicted octanol–water partition coefficient (Wildman–Crippen LogP) is 4.92. The van der Waals surface area contributed by atoms with Gasteiger partial charge in [0.05, 0.1) is 5.02 Å². The molecule has 0 aliphatic heterocycles. The Morgan fingerprint density at radius 1 is 1.33 bits per heavy atom. The number of aryl methyl sites for hydroxylation is 2. The SMILES string of the molecule is CCNC(Cc1ccc(Cl)c(F)c1)c1cc2c(s1)CCC2. The summed E-state index contributed by atoms with van der Waals surface area (Å²) in [6.45, 7) is 3.01. The van der Waals surface area contributed by atoms with Gasteiger partial charge in [0.15, 0.2) is 0 Å². The Bertz CT molecular complexity index is 616. The molecule has 3 rings (SSSR count). The first kappa shape index (κ1) is 15.0. The molecule has 112 valence electrons. The molecule has 2 aromatic rings. The van der Waals surface area contributed by atoms with E-state index in [-0.39, 0.29) is 16.9 Å². The van der Waals surface area contributed by atoms with Crippen molar-refractivity contribution in [2.75, 3.05) is 6.54 Å². The van der Waals surface area contributed by atoms with E-state index in [1.54, 1.807) is 12.1 Å². The van der Waals surface area contributed by atoms with Crippen LogP contribution in [-0.2, 0) is 19.3 Å². The van der Waals surface area contributed by atoms with Crippen LogP contribution in [0, 0.1) is 5.82 Å². The Balaban J connectivity index is 1.81. The fourth-order valence-electron chi connectivity index (χ4n) is 2.95. The third kappa shape index (κ3) is 3.31. The highest BCUT2D eigenvalue weighted by Crippen LogP contribution is 2.35. The van der Waals surface area contributed by atoms with E-state index < -0.39 is 0 Å². The zero-order valence-electron chi connectivity index (χ0n) is 12.1. The van der Waals surface area contributed by atoms with Crippen LogP contribution in [0.25, 0.3) is 0 Å². The lowest BCUT2D eigenvalue weighted by molar-refractivity contribution is 0.554. The minimum atomic E-state index is -0.335. The van der Waals surface area contributed by atoms with Gasteiger partial charge in [0.2, 0.25) is 0 Å². The molecule has 0 bridgehead atoms. The van der Waals surface area contributed by atoms with E-state index in [1.165, 1.54) is 34.6 Å². The van der Waals surface area contributed by atoms with Gasteiger partial charge in [0.25, 0.3) is 0 Å². The first-order chi connectivity index (χ1) is 10.2. The van der Waals surface area contributed by atoms with Crippen molar-refractivity contribution in [1.82, 2.24) is 5.32 Å². The van der Waals surface area contributed by atoms with Crippen molar-refractivity contribution >= 4 is 22.9 Å². The number of hydrogen-bond donors (Lipinski definition) is 1. The van der Waals surface area contributed by atoms with Crippen LogP contribution >= 0.6 is 22.9 Å². The zero-order chi connectivity index (χ0) is 14.8. The molecule has 0 fully saturated rings. The highest BCUT2D eigenvalue weighted by atomic mass is 35.5. The maximum atomic E-state index is 13.6. The molecule has 0 saturated carbocycles. The molecular formula is C17H19ClFNS. The van der Waals surface area contributed by atoms with Gasteiger partial charge in [-0.05, 0) is 61.6 Å². The minimum Gasteiger partial charge on any atom is -0.309 e. The molecule has 0 spiro atoms. The van der Waals surface area contributed by atoms with Gasteiger partial charge in [-0.1, -0.05) is 24.6 Å². The molecule has 1 aliphatic carbocycles. The molecule has 0 amide bonds. The fourth-order valence-corrected chi connectivity index (χ4v) is 4.40. The molecule has 1 nitrogen and oxygen atoms in total. The molecule has 1 N–H and O–H groups in total. The van der Waals surface area contributed by atoms with Crippen LogP contribution in [0.4, 0.5) is 4.39 Å². The van der Waals surface area contributed by atoms with Crippen LogP contribution in [-0.4, -0.2) is 6.54 Å². The van der Waals surface area contributed by atoms with Gasteiger partial charge in [0, 0.05) is 15.8 Å². The molecule has 1 aromatic heterocycles. The Morgan fingerprint density at radius 2 is 2.19 bits per heavy atom. The Hall–Kier alpha value is -0.900. The van der Waals surface area contributed by atoms with Crippen LogP contribution in [0.2, 0.25) is 5.02 Å². The molecule has 1 heterocycles. The van der Waals surface area contributed by atoms with E-state index in [0.717, 1.165) is 18.5 Å². The smallest absolute Gasteiger partial charge is 0.142 e. The van der Waals surface area contributed by atoms with Gasteiger partial charge in [-0.3, -0.25) is 0 Å². The van der Waals surface area contributed by atoms with E-state index in [0.29, 0.717) is 0 Å². The lowest BCUT2D eigenvalue weighted by Gasteiger charge is -2.17. The molecular weight excluding hydrogens is 305 g/mol. The summed E-state index contributed by atoms with van der Waals surface area (Å²) in [7, 11) is 0. The van der Waals surface area contributed by atoms with Crippen LogP contribution in [0.1, 0.15) is 40.3 Å². The van der Waals surface area contributed by atoms with E-state index >= 15 is 0 Å². The molecule has 1 aromatic carbocycles. The van der Waals surface area contributed by atoms with Gasteiger partial charge >= 0.3 is 0 Å². The second-order valence-corrected chi connectivity index (χ2v) is 7.09. The topological polar surface area (TPSA) is 12.0 Å². The van der Waals surface area contributed by atoms with Gasteiger partial charge in [-0.25, -0.2) is 4.39 Å². The molecule has 1 aliphatic rings. The predicted molar refractivity (Wildman–Crippen MR) is 87.9 cm³/mol. The van der Waals surface area contributed by atoms with Crippen molar-refractivity contribution in [3.8, 4) is 0 Å². The second-order valence-electron chi connectivity index (χ2n) is 5.51. The maximum Gasteiger partial charge on any atom is 0.142 e. The highest BCUT2D eigenvalue weighted by Gasteiger charge is 2.20. The monoisotopic (exact) mass is 323 g/mol. The molecule has 21 heavy (non-hydrogen) atoms. The molecule has 4 heteroatoms. The highest BCUT2D eigenvalue weighted by molar-refractivity contribution is 7.12. The minimum absolute atomic E-state index is 0.189. The average molecular weight is 324 g/mol. The number of fused-ring (bicyclic) bond motifs is 1. The Kier molecular flexibility index (Phi) is 4.63. The average Bonchev–Trinajstić information content (AvgIpc) is 3.03. The summed E-state index contributed by atoms with van der Waals surface area (Å²) >= 11 is 7.67. The number of rotatable bonds is 5. The zero-order valence-corrected chi connectivity index (χ0v) is 13.7. The Morgan fingerprint density at radius 3 is 2.90 bits per heavy atom. The summed E-state index contributed by atoms with van der Waals surface area (Å²) in [6.07, 6.45) is 4.51. The van der Waals surface area contributed by atoms with E-state index in [2.05, 4.69) is 18.3 Å². The van der Waals surface area contributed by atoms with Crippen molar-refractivity contribution in [3.63, 3.8) is 0 Å². The summed E-state index contributed by atoms with van der Waals surface area (Å²) < 4.78 is 13.6. The van der Waals surface area contributed by atoms with Gasteiger partial charge in [-0.15, -0.1) is 11.3 Å². The van der Waals surface area contributed by atoms with Crippen molar-refractivity contribution in [3.05, 3.63) is 56.0 Å². The Labute approximate surface area is 134 Å². The number of nitrogens with one attached hydrogen (secondary N) is 1. The molecule has 1 atom stereocenters. The van der Waals surface area contributed by atoms with Crippen molar-refractivity contribution in [1.29, 1.82) is 0 Å². The van der Waals surface area contributed by atoms with E-state index in [9.17, 15) is 4.39 Å². The van der Waals surface area contributed by atoms with Crippen LogP contribution in [0.3, 0.4) is 0 Å². The summed E-state index contributed by atoms with van der Waals surface area (Å²) in [5.41, 5.74) is 2.50. The van der Waals surface area contributed by atoms with Crippen LogP contribution in [0.5, 0.6) is 0 Å². The second kappa shape index (κ2) is 6.47. The fraction of sp³-hybridized carbons (Fsp3) is 0.412. The molecule has 0 saturated heterocycles. The number of likely N-dealkylation sites (N-methyl/N-ethyl adjacent to an activating group) is 1. The van der Waals surface area contributed by atoms with Gasteiger partial charge in [-0.2, -0.15) is 0 Å². The number of benzene rings is 1. The summed E-state index contributed by atoms with van der Waals surface area (Å²) in [5.74, 6) is -0.335. The normalized spacial score (nSPS) is 15.2. The molecule has 0 radical (unpaired) electrons. The third-order valence-corrected chi connectivity index (χ3v) is 5.64. The van der Waals surface area contributed by atoms with E-state index in [4.69, 9.17) is 11.6 Å². The van der Waals surface area contributed by atoms with E-state index in [1.807, 2.05) is 17.4 Å². The number of thiophene rings is 1. The summed E-state index contributed by atoms with van der Waals surface area (Å²) in [5, 5.41) is 3.71. The van der Waals surface area contributed by atoms with Crippen molar-refractivity contribution in [2.24, 2.45) is 0 Å². The summed E-state index contributed by atoms with van der Waals surface area (Å²) in [4.78, 5) is 2.91. The standard InChI is InChI=1S/C17H19ClFNS/c1-2-20-15(9-11-6-7-13(18)14(19)8-11)17-10-12-4-3-5-16(12)21-17/h6-8,10,15,20H,2-5,9H2,1H3. The van der Waals surface area contributed by atoms with Crippen LogP contribution in [0.15, 0.2) is 24.3 Å². The lowest BCUT2D eigenvalue weighted by atomic mass is 10.0. The first-order valence-corrected chi connectivity index (χ1v) is 8.65. The first-order valence-electron chi connectivity index (χ1n) is 7.46. The quantitative estimate of drug-likeness (QED) is 0.823. The summed E-state index contributed by atoms with van der Waals surface area (Å²) in [6, 6.07) is 7.70. The maximum absolute atomic E-state index is 13.6.